The van der Waals surface area contributed by atoms with Crippen molar-refractivity contribution in [3.05, 3.63) is 100 Å². The van der Waals surface area contributed by atoms with Crippen LogP contribution >= 0.6 is 0 Å². The summed E-state index contributed by atoms with van der Waals surface area (Å²) in [6.45, 7) is 2.74. The molecule has 1 saturated carbocycles. The first-order valence-electron chi connectivity index (χ1n) is 13.9. The number of amides is 2. The SMILES string of the molecule is Cc1ccc(NC(=O)c2cccc(C(F)(F)F)c2)cc1N1Cc2cnc(Nc3cccc4c3CCO4)nc2C2(CC2)C1=O. The van der Waals surface area contributed by atoms with Gasteiger partial charge in [0.25, 0.3) is 5.91 Å². The molecule has 1 fully saturated rings. The Morgan fingerprint density at radius 1 is 1.07 bits per heavy atom. The van der Waals surface area contributed by atoms with Crippen molar-refractivity contribution in [2.24, 2.45) is 0 Å². The maximum atomic E-state index is 14.0. The first kappa shape index (κ1) is 26.9. The number of fused-ring (bicyclic) bond motifs is 3. The van der Waals surface area contributed by atoms with Crippen LogP contribution in [0, 0.1) is 6.92 Å². The van der Waals surface area contributed by atoms with Crippen molar-refractivity contribution in [1.29, 1.82) is 0 Å². The molecule has 0 saturated heterocycles. The maximum Gasteiger partial charge on any atom is 0.416 e. The Bertz CT molecular complexity index is 1800. The summed E-state index contributed by atoms with van der Waals surface area (Å²) in [5.41, 5.74) is 3.51. The minimum Gasteiger partial charge on any atom is -0.493 e. The summed E-state index contributed by atoms with van der Waals surface area (Å²) in [5.74, 6) is 0.500. The van der Waals surface area contributed by atoms with E-state index in [2.05, 4.69) is 15.6 Å². The van der Waals surface area contributed by atoms with Gasteiger partial charge < -0.3 is 20.3 Å². The van der Waals surface area contributed by atoms with Gasteiger partial charge in [-0.05, 0) is 67.8 Å². The van der Waals surface area contributed by atoms with E-state index in [4.69, 9.17) is 9.72 Å². The fraction of sp³-hybridized carbons (Fsp3) is 0.250. The summed E-state index contributed by atoms with van der Waals surface area (Å²) in [6, 6.07) is 15.1. The number of nitrogens with zero attached hydrogens (tertiary/aromatic N) is 3. The molecule has 1 spiro atoms. The van der Waals surface area contributed by atoms with Gasteiger partial charge in [0.05, 0.1) is 29.8 Å². The molecule has 4 aromatic rings. The van der Waals surface area contributed by atoms with Gasteiger partial charge in [-0.15, -0.1) is 0 Å². The number of aryl methyl sites for hydroxylation is 1. The molecule has 2 amide bonds. The Hall–Kier alpha value is -4.93. The Morgan fingerprint density at radius 2 is 1.88 bits per heavy atom. The molecule has 43 heavy (non-hydrogen) atoms. The molecular weight excluding hydrogens is 559 g/mol. The molecule has 3 aromatic carbocycles. The summed E-state index contributed by atoms with van der Waals surface area (Å²) in [5, 5.41) is 5.98. The van der Waals surface area contributed by atoms with Gasteiger partial charge >= 0.3 is 6.18 Å². The number of alkyl halides is 3. The highest BCUT2D eigenvalue weighted by Crippen LogP contribution is 2.53. The zero-order chi connectivity index (χ0) is 29.9. The number of benzene rings is 3. The van der Waals surface area contributed by atoms with E-state index in [9.17, 15) is 22.8 Å². The quantitative estimate of drug-likeness (QED) is 0.285. The van der Waals surface area contributed by atoms with Crippen LogP contribution in [0.5, 0.6) is 5.75 Å². The molecule has 2 N–H and O–H groups in total. The highest BCUT2D eigenvalue weighted by molar-refractivity contribution is 6.07. The lowest BCUT2D eigenvalue weighted by atomic mass is 9.91. The number of anilines is 4. The average molecular weight is 586 g/mol. The van der Waals surface area contributed by atoms with Gasteiger partial charge in [0.2, 0.25) is 11.9 Å². The topological polar surface area (TPSA) is 96.5 Å². The standard InChI is InChI=1S/C32H26F3N5O3/c1-18-8-9-22(37-28(41)19-4-2-5-21(14-19)32(33,34)35)15-25(18)40-17-20-16-36-30(39-27(20)31(11-12-31)29(40)42)38-24-6-3-7-26-23(24)10-13-43-26/h2-9,14-16H,10-13,17H2,1H3,(H,37,41)(H,36,38,39). The molecule has 0 unspecified atom stereocenters. The minimum absolute atomic E-state index is 0.0805. The highest BCUT2D eigenvalue weighted by Gasteiger charge is 2.58. The van der Waals surface area contributed by atoms with Crippen molar-refractivity contribution in [2.45, 2.75) is 44.3 Å². The van der Waals surface area contributed by atoms with Crippen molar-refractivity contribution in [3.8, 4) is 5.75 Å². The largest absolute Gasteiger partial charge is 0.493 e. The maximum absolute atomic E-state index is 14.0. The fourth-order valence-electron chi connectivity index (χ4n) is 5.85. The van der Waals surface area contributed by atoms with E-state index < -0.39 is 23.1 Å². The van der Waals surface area contributed by atoms with E-state index in [1.807, 2.05) is 25.1 Å². The third kappa shape index (κ3) is 4.74. The highest BCUT2D eigenvalue weighted by atomic mass is 19.4. The molecule has 3 aliphatic rings. The van der Waals surface area contributed by atoms with Crippen LogP contribution in [-0.4, -0.2) is 28.4 Å². The number of hydrogen-bond acceptors (Lipinski definition) is 6. The molecule has 8 nitrogen and oxygen atoms in total. The van der Waals surface area contributed by atoms with E-state index in [0.717, 1.165) is 52.4 Å². The normalized spacial score (nSPS) is 16.4. The van der Waals surface area contributed by atoms with E-state index >= 15 is 0 Å². The smallest absolute Gasteiger partial charge is 0.416 e. The lowest BCUT2D eigenvalue weighted by molar-refractivity contribution is -0.137. The van der Waals surface area contributed by atoms with Crippen molar-refractivity contribution in [3.63, 3.8) is 0 Å². The molecule has 0 atom stereocenters. The first-order chi connectivity index (χ1) is 20.6. The van der Waals surface area contributed by atoms with Crippen molar-refractivity contribution in [2.75, 3.05) is 22.1 Å². The summed E-state index contributed by atoms with van der Waals surface area (Å²) in [4.78, 5) is 37.9. The molecule has 218 valence electrons. The molecule has 11 heteroatoms. The van der Waals surface area contributed by atoms with Crippen molar-refractivity contribution >= 4 is 34.8 Å². The third-order valence-corrected chi connectivity index (χ3v) is 8.25. The molecule has 7 rings (SSSR count). The molecule has 1 aliphatic carbocycles. The third-order valence-electron chi connectivity index (χ3n) is 8.25. The molecular formula is C32H26F3N5O3. The summed E-state index contributed by atoms with van der Waals surface area (Å²) >= 11 is 0. The summed E-state index contributed by atoms with van der Waals surface area (Å²) in [7, 11) is 0. The number of rotatable bonds is 5. The number of hydrogen-bond donors (Lipinski definition) is 2. The van der Waals surface area contributed by atoms with Gasteiger partial charge in [0, 0.05) is 46.4 Å². The number of nitrogens with one attached hydrogen (secondary N) is 2. The number of halogens is 3. The Kier molecular flexibility index (Phi) is 6.15. The second-order valence-corrected chi connectivity index (χ2v) is 11.1. The van der Waals surface area contributed by atoms with Gasteiger partial charge in [0.1, 0.15) is 5.75 Å². The first-order valence-corrected chi connectivity index (χ1v) is 13.9. The Morgan fingerprint density at radius 3 is 2.67 bits per heavy atom. The molecule has 3 heterocycles. The Labute approximate surface area is 244 Å². The number of ether oxygens (including phenoxy) is 1. The second kappa shape index (κ2) is 9.82. The van der Waals surface area contributed by atoms with Gasteiger partial charge in [-0.3, -0.25) is 9.59 Å². The fourth-order valence-corrected chi connectivity index (χ4v) is 5.85. The van der Waals surface area contributed by atoms with Gasteiger partial charge in [0.15, 0.2) is 0 Å². The van der Waals surface area contributed by atoms with Crippen LogP contribution < -0.4 is 20.3 Å². The van der Waals surface area contributed by atoms with E-state index in [0.29, 0.717) is 36.8 Å². The van der Waals surface area contributed by atoms with Gasteiger partial charge in [-0.2, -0.15) is 13.2 Å². The van der Waals surface area contributed by atoms with Crippen LogP contribution in [0.1, 0.15) is 51.1 Å². The Balaban J connectivity index is 1.15. The van der Waals surface area contributed by atoms with Crippen molar-refractivity contribution in [1.82, 2.24) is 9.97 Å². The van der Waals surface area contributed by atoms with Crippen LogP contribution in [0.3, 0.4) is 0 Å². The predicted octanol–water partition coefficient (Wildman–Crippen LogP) is 6.31. The molecule has 1 aromatic heterocycles. The van der Waals surface area contributed by atoms with Crippen LogP contribution in [0.2, 0.25) is 0 Å². The zero-order valence-corrected chi connectivity index (χ0v) is 23.1. The van der Waals surface area contributed by atoms with E-state index in [1.165, 1.54) is 12.1 Å². The van der Waals surface area contributed by atoms with Crippen LogP contribution in [-0.2, 0) is 29.4 Å². The van der Waals surface area contributed by atoms with E-state index in [-0.39, 0.29) is 18.0 Å². The monoisotopic (exact) mass is 585 g/mol. The van der Waals surface area contributed by atoms with E-state index in [1.54, 1.807) is 29.3 Å². The molecule has 0 bridgehead atoms. The van der Waals surface area contributed by atoms with Crippen LogP contribution in [0.15, 0.2) is 66.9 Å². The summed E-state index contributed by atoms with van der Waals surface area (Å²) < 4.78 is 45.1. The second-order valence-electron chi connectivity index (χ2n) is 11.1. The summed E-state index contributed by atoms with van der Waals surface area (Å²) in [6.07, 6.45) is -0.705. The average Bonchev–Trinajstić information content (AvgIpc) is 3.64. The van der Waals surface area contributed by atoms with Crippen molar-refractivity contribution < 1.29 is 27.5 Å². The number of aromatic nitrogens is 2. The predicted molar refractivity (Wildman–Crippen MR) is 154 cm³/mol. The molecule has 0 radical (unpaired) electrons. The lowest BCUT2D eigenvalue weighted by Crippen LogP contribution is -2.45. The number of carbonyl (C=O) groups is 2. The van der Waals surface area contributed by atoms with Gasteiger partial charge in [-0.25, -0.2) is 9.97 Å². The molecule has 2 aliphatic heterocycles. The van der Waals surface area contributed by atoms with Crippen LogP contribution in [0.4, 0.5) is 36.2 Å². The minimum atomic E-state index is -4.56. The van der Waals surface area contributed by atoms with Gasteiger partial charge in [-0.1, -0.05) is 18.2 Å². The number of carbonyl (C=O) groups excluding carboxylic acids is 2. The zero-order valence-electron chi connectivity index (χ0n) is 23.1. The lowest BCUT2D eigenvalue weighted by Gasteiger charge is -2.34. The van der Waals surface area contributed by atoms with Crippen LogP contribution in [0.25, 0.3) is 0 Å².